The van der Waals surface area contributed by atoms with Gasteiger partial charge in [0.25, 0.3) is 8.32 Å². The second-order valence-corrected chi connectivity index (χ2v) is 14.9. The molecule has 0 fully saturated rings. The minimum atomic E-state index is -2.71. The molecule has 6 nitrogen and oxygen atoms in total. The van der Waals surface area contributed by atoms with E-state index in [-0.39, 0.29) is 24.4 Å². The SMILES string of the molecule is CCCCCCC[C@@H](O)CCOC[C@H](CO[Si](c1ccccc1)(c1ccccc1)C(C)(C)C)N=[N+]=[N-]. The fourth-order valence-electron chi connectivity index (χ4n) is 4.74. The van der Waals surface area contributed by atoms with Crippen LogP contribution in [0.25, 0.3) is 10.4 Å². The smallest absolute Gasteiger partial charge is 0.261 e. The number of aliphatic hydroxyl groups is 1. The number of benzene rings is 2. The lowest BCUT2D eigenvalue weighted by Gasteiger charge is -2.43. The number of nitrogens with zero attached hydrogens (tertiary/aromatic N) is 3. The molecule has 0 spiro atoms. The highest BCUT2D eigenvalue weighted by molar-refractivity contribution is 6.99. The first-order chi connectivity index (χ1) is 17.3. The van der Waals surface area contributed by atoms with E-state index in [1.54, 1.807) is 0 Å². The molecule has 0 saturated heterocycles. The van der Waals surface area contributed by atoms with Gasteiger partial charge in [0.2, 0.25) is 0 Å². The molecular formula is C29H45N3O3Si. The van der Waals surface area contributed by atoms with Crippen LogP contribution in [0.5, 0.6) is 0 Å². The van der Waals surface area contributed by atoms with E-state index >= 15 is 0 Å². The maximum Gasteiger partial charge on any atom is 0.261 e. The van der Waals surface area contributed by atoms with E-state index in [1.807, 2.05) is 12.1 Å². The number of unbranched alkanes of at least 4 members (excludes halogenated alkanes) is 4. The molecule has 0 aromatic heterocycles. The Morgan fingerprint density at radius 3 is 2.00 bits per heavy atom. The minimum Gasteiger partial charge on any atom is -0.407 e. The van der Waals surface area contributed by atoms with Gasteiger partial charge in [-0.1, -0.05) is 126 Å². The van der Waals surface area contributed by atoms with Gasteiger partial charge in [-0.15, -0.1) is 0 Å². The first kappa shape index (κ1) is 30.1. The molecule has 2 aromatic carbocycles. The largest absolute Gasteiger partial charge is 0.407 e. The van der Waals surface area contributed by atoms with Crippen LogP contribution in [-0.4, -0.2) is 45.4 Å². The highest BCUT2D eigenvalue weighted by Crippen LogP contribution is 2.36. The summed E-state index contributed by atoms with van der Waals surface area (Å²) in [7, 11) is -2.71. The van der Waals surface area contributed by atoms with Gasteiger partial charge in [-0.25, -0.2) is 0 Å². The molecule has 0 aliphatic rings. The lowest BCUT2D eigenvalue weighted by atomic mass is 10.1. The molecule has 1 N–H and O–H groups in total. The third-order valence-corrected chi connectivity index (χ3v) is 11.7. The maximum atomic E-state index is 10.2. The predicted molar refractivity (Wildman–Crippen MR) is 151 cm³/mol. The summed E-state index contributed by atoms with van der Waals surface area (Å²) in [6.45, 7) is 9.86. The van der Waals surface area contributed by atoms with Crippen molar-refractivity contribution in [1.29, 1.82) is 0 Å². The van der Waals surface area contributed by atoms with Gasteiger partial charge < -0.3 is 14.3 Å². The lowest BCUT2D eigenvalue weighted by Crippen LogP contribution is -2.67. The molecule has 0 saturated carbocycles. The molecule has 2 atom stereocenters. The van der Waals surface area contributed by atoms with Crippen LogP contribution in [-0.2, 0) is 9.16 Å². The van der Waals surface area contributed by atoms with Gasteiger partial charge in [-0.3, -0.25) is 0 Å². The Bertz CT molecular complexity index is 859. The average molecular weight is 512 g/mol. The van der Waals surface area contributed by atoms with Crippen molar-refractivity contribution in [2.45, 2.75) is 89.8 Å². The Kier molecular flexibility index (Phi) is 13.2. The zero-order valence-electron chi connectivity index (χ0n) is 22.6. The van der Waals surface area contributed by atoms with E-state index < -0.39 is 14.4 Å². The van der Waals surface area contributed by atoms with Crippen molar-refractivity contribution in [3.05, 3.63) is 71.1 Å². The number of hydrogen-bond acceptors (Lipinski definition) is 4. The van der Waals surface area contributed by atoms with Gasteiger partial charge in [-0.2, -0.15) is 0 Å². The third-order valence-electron chi connectivity index (χ3n) is 6.67. The summed E-state index contributed by atoms with van der Waals surface area (Å²) in [5.74, 6) is 0. The Hall–Kier alpha value is -2.15. The van der Waals surface area contributed by atoms with Crippen molar-refractivity contribution in [3.8, 4) is 0 Å². The highest BCUT2D eigenvalue weighted by Gasteiger charge is 2.50. The number of azide groups is 1. The van der Waals surface area contributed by atoms with Crippen molar-refractivity contribution in [2.75, 3.05) is 19.8 Å². The second-order valence-electron chi connectivity index (χ2n) is 10.6. The zero-order chi connectivity index (χ0) is 26.3. The zero-order valence-corrected chi connectivity index (χ0v) is 23.6. The maximum absolute atomic E-state index is 10.2. The predicted octanol–water partition coefficient (Wildman–Crippen LogP) is 6.37. The van der Waals surface area contributed by atoms with Gasteiger partial charge in [-0.05, 0) is 33.8 Å². The van der Waals surface area contributed by atoms with Gasteiger partial charge >= 0.3 is 0 Å². The Balaban J connectivity index is 2.04. The van der Waals surface area contributed by atoms with Crippen LogP contribution in [0.1, 0.15) is 72.6 Å². The van der Waals surface area contributed by atoms with E-state index in [2.05, 4.69) is 86.3 Å². The monoisotopic (exact) mass is 511 g/mol. The summed E-state index contributed by atoms with van der Waals surface area (Å²) >= 11 is 0. The Labute approximate surface area is 218 Å². The summed E-state index contributed by atoms with van der Waals surface area (Å²) in [5, 5.41) is 16.4. The molecule has 0 bridgehead atoms. The molecule has 0 unspecified atom stereocenters. The van der Waals surface area contributed by atoms with Crippen LogP contribution in [0.15, 0.2) is 65.8 Å². The normalized spacial score (nSPS) is 13.7. The second kappa shape index (κ2) is 15.8. The van der Waals surface area contributed by atoms with E-state index in [0.717, 1.165) is 12.8 Å². The molecule has 0 aliphatic heterocycles. The molecule has 0 heterocycles. The quantitative estimate of drug-likeness (QED) is 0.0880. The van der Waals surface area contributed by atoms with Crippen molar-refractivity contribution >= 4 is 18.7 Å². The van der Waals surface area contributed by atoms with Crippen LogP contribution < -0.4 is 10.4 Å². The molecule has 0 aliphatic carbocycles. The summed E-state index contributed by atoms with van der Waals surface area (Å²) < 4.78 is 12.7. The molecule has 2 rings (SSSR count). The van der Waals surface area contributed by atoms with E-state index in [9.17, 15) is 10.6 Å². The molecular weight excluding hydrogens is 466 g/mol. The van der Waals surface area contributed by atoms with Crippen molar-refractivity contribution in [3.63, 3.8) is 0 Å². The van der Waals surface area contributed by atoms with E-state index in [4.69, 9.17) is 9.16 Å². The summed E-state index contributed by atoms with van der Waals surface area (Å²) in [6, 6.07) is 20.4. The van der Waals surface area contributed by atoms with E-state index in [0.29, 0.717) is 13.0 Å². The van der Waals surface area contributed by atoms with Crippen LogP contribution in [0, 0.1) is 0 Å². The van der Waals surface area contributed by atoms with Gasteiger partial charge in [0, 0.05) is 18.1 Å². The van der Waals surface area contributed by atoms with Gasteiger partial charge in [0.15, 0.2) is 0 Å². The Morgan fingerprint density at radius 2 is 1.47 bits per heavy atom. The molecule has 0 radical (unpaired) electrons. The lowest BCUT2D eigenvalue weighted by molar-refractivity contribution is 0.0635. The van der Waals surface area contributed by atoms with Crippen molar-refractivity contribution in [1.82, 2.24) is 0 Å². The fraction of sp³-hybridized carbons (Fsp3) is 0.586. The summed E-state index contributed by atoms with van der Waals surface area (Å²) in [6.07, 6.45) is 6.99. The number of ether oxygens (including phenoxy) is 1. The highest BCUT2D eigenvalue weighted by atomic mass is 28.4. The average Bonchev–Trinajstić information content (AvgIpc) is 2.87. The molecule has 36 heavy (non-hydrogen) atoms. The summed E-state index contributed by atoms with van der Waals surface area (Å²) in [4.78, 5) is 3.05. The van der Waals surface area contributed by atoms with Crippen LogP contribution in [0.3, 0.4) is 0 Å². The van der Waals surface area contributed by atoms with Crippen LogP contribution in [0.2, 0.25) is 5.04 Å². The van der Waals surface area contributed by atoms with Gasteiger partial charge in [0.1, 0.15) is 0 Å². The third kappa shape index (κ3) is 9.06. The topological polar surface area (TPSA) is 87.5 Å². The molecule has 0 amide bonds. The Morgan fingerprint density at radius 1 is 0.889 bits per heavy atom. The van der Waals surface area contributed by atoms with Crippen LogP contribution in [0.4, 0.5) is 0 Å². The van der Waals surface area contributed by atoms with Gasteiger partial charge in [0.05, 0.1) is 18.8 Å². The van der Waals surface area contributed by atoms with E-state index in [1.165, 1.54) is 36.1 Å². The molecule has 198 valence electrons. The number of rotatable bonds is 17. The van der Waals surface area contributed by atoms with Crippen LogP contribution >= 0.6 is 0 Å². The molecule has 2 aromatic rings. The summed E-state index contributed by atoms with van der Waals surface area (Å²) in [5.41, 5.74) is 9.18. The van der Waals surface area contributed by atoms with Crippen molar-refractivity contribution in [2.24, 2.45) is 5.11 Å². The standard InChI is InChI=1S/C29H45N3O3Si/c1-5-6-7-8-11-16-26(33)21-22-34-23-25(31-32-30)24-35-36(29(2,3)4,27-17-12-9-13-18-27)28-19-14-10-15-20-28/h9-10,12-15,17-20,25-26,33H,5-8,11,16,21-24H2,1-4H3/t25-,26-/m1/s1. The number of hydrogen-bond donors (Lipinski definition) is 1. The fourth-order valence-corrected chi connectivity index (χ4v) is 9.34. The first-order valence-electron chi connectivity index (χ1n) is 13.4. The minimum absolute atomic E-state index is 0.154. The van der Waals surface area contributed by atoms with Crippen molar-refractivity contribution < 1.29 is 14.3 Å². The molecule has 7 heteroatoms. The number of aliphatic hydroxyl groups excluding tert-OH is 1. The first-order valence-corrected chi connectivity index (χ1v) is 15.3.